The minimum atomic E-state index is -0.0363. The van der Waals surface area contributed by atoms with Crippen LogP contribution in [0.25, 0.3) is 0 Å². The molecule has 3 heteroatoms. The Morgan fingerprint density at radius 2 is 1.96 bits per heavy atom. The maximum Gasteiger partial charge on any atom is 0.157 e. The highest BCUT2D eigenvalue weighted by atomic mass is 16.7. The van der Waals surface area contributed by atoms with Gasteiger partial charge in [-0.05, 0) is 63.2 Å². The summed E-state index contributed by atoms with van der Waals surface area (Å²) in [4.78, 5) is 12.8. The van der Waals surface area contributed by atoms with Gasteiger partial charge in [0.1, 0.15) is 5.78 Å². The Balaban J connectivity index is 1.85. The molecule has 0 aromatic heterocycles. The second kappa shape index (κ2) is 8.98. The molecule has 0 bridgehead atoms. The molecule has 2 rings (SSSR count). The lowest BCUT2D eigenvalue weighted by Gasteiger charge is -2.22. The normalized spacial score (nSPS) is 31.1. The zero-order valence-corrected chi connectivity index (χ0v) is 15.2. The van der Waals surface area contributed by atoms with Crippen molar-refractivity contribution in [1.82, 2.24) is 0 Å². The summed E-state index contributed by atoms with van der Waals surface area (Å²) in [6.07, 6.45) is 7.05. The fraction of sp³-hybridized carbons (Fsp3) is 0.850. The molecule has 0 aromatic carbocycles. The number of hydrogen-bond donors (Lipinski definition) is 0. The smallest absolute Gasteiger partial charge is 0.157 e. The summed E-state index contributed by atoms with van der Waals surface area (Å²) < 4.78 is 11.1. The topological polar surface area (TPSA) is 35.5 Å². The van der Waals surface area contributed by atoms with Crippen molar-refractivity contribution in [3.05, 3.63) is 12.2 Å². The van der Waals surface area contributed by atoms with Crippen LogP contribution in [-0.4, -0.2) is 25.3 Å². The first kappa shape index (κ1) is 18.7. The Bertz CT molecular complexity index is 398. The third-order valence-electron chi connectivity index (χ3n) is 5.79. The summed E-state index contributed by atoms with van der Waals surface area (Å²) in [5.74, 6) is 2.33. The molecule has 2 aliphatic rings. The molecule has 0 unspecified atom stereocenters. The van der Waals surface area contributed by atoms with Crippen LogP contribution in [0.2, 0.25) is 0 Å². The van der Waals surface area contributed by atoms with Crippen molar-refractivity contribution in [3.8, 4) is 0 Å². The van der Waals surface area contributed by atoms with E-state index in [-0.39, 0.29) is 12.2 Å². The molecule has 1 aliphatic carbocycles. The predicted octanol–water partition coefficient (Wildman–Crippen LogP) is 4.75. The standard InChI is InChI=1S/C20H34O3/c1-14(2)5-6-16(4)18-9-7-15(3)17(13-19(18)21)8-10-20-22-11-12-23-20/h15-18,20H,1,5-13H2,2-4H3/t15-,16+,17-,18+/m1/s1. The van der Waals surface area contributed by atoms with Crippen molar-refractivity contribution in [1.29, 1.82) is 0 Å². The van der Waals surface area contributed by atoms with Gasteiger partial charge in [0.2, 0.25) is 0 Å². The number of rotatable bonds is 7. The highest BCUT2D eigenvalue weighted by Crippen LogP contribution is 2.37. The lowest BCUT2D eigenvalue weighted by atomic mass is 9.82. The first-order valence-electron chi connectivity index (χ1n) is 9.37. The number of ketones is 1. The summed E-state index contributed by atoms with van der Waals surface area (Å²) in [6, 6.07) is 0. The molecule has 1 aliphatic heterocycles. The molecule has 3 nitrogen and oxygen atoms in total. The van der Waals surface area contributed by atoms with Crippen molar-refractivity contribution >= 4 is 5.78 Å². The summed E-state index contributed by atoms with van der Waals surface area (Å²) in [5, 5.41) is 0. The number of carbonyl (C=O) groups is 1. The van der Waals surface area contributed by atoms with Gasteiger partial charge in [-0.15, -0.1) is 6.58 Å². The lowest BCUT2D eigenvalue weighted by Crippen LogP contribution is -2.22. The maximum absolute atomic E-state index is 12.8. The molecule has 0 aromatic rings. The quantitative estimate of drug-likeness (QED) is 0.501. The number of carbonyl (C=O) groups excluding carboxylic acids is 1. The van der Waals surface area contributed by atoms with Crippen molar-refractivity contribution < 1.29 is 14.3 Å². The summed E-state index contributed by atoms with van der Waals surface area (Å²) >= 11 is 0. The minimum Gasteiger partial charge on any atom is -0.350 e. The zero-order valence-electron chi connectivity index (χ0n) is 15.2. The van der Waals surface area contributed by atoms with Gasteiger partial charge in [0, 0.05) is 12.3 Å². The van der Waals surface area contributed by atoms with Gasteiger partial charge in [-0.3, -0.25) is 4.79 Å². The molecule has 23 heavy (non-hydrogen) atoms. The zero-order chi connectivity index (χ0) is 16.8. The first-order valence-corrected chi connectivity index (χ1v) is 9.37. The van der Waals surface area contributed by atoms with E-state index in [1.54, 1.807) is 0 Å². The number of ether oxygens (including phenoxy) is 2. The molecular formula is C20H34O3. The Labute approximate surface area is 141 Å². The Kier molecular flexibility index (Phi) is 7.29. The van der Waals surface area contributed by atoms with Crippen LogP contribution >= 0.6 is 0 Å². The van der Waals surface area contributed by atoms with E-state index in [2.05, 4.69) is 27.4 Å². The van der Waals surface area contributed by atoms with Crippen LogP contribution < -0.4 is 0 Å². The molecule has 132 valence electrons. The summed E-state index contributed by atoms with van der Waals surface area (Å²) in [6.45, 7) is 12.1. The van der Waals surface area contributed by atoms with Gasteiger partial charge in [0.05, 0.1) is 13.2 Å². The lowest BCUT2D eigenvalue weighted by molar-refractivity contribution is -0.125. The third kappa shape index (κ3) is 5.72. The molecule has 2 fully saturated rings. The average molecular weight is 322 g/mol. The summed E-state index contributed by atoms with van der Waals surface area (Å²) in [7, 11) is 0. The molecule has 4 atom stereocenters. The SMILES string of the molecule is C=C(C)CC[C@H](C)[C@@H]1CC[C@@H](C)[C@H](CCC2OCCO2)CC1=O. The highest BCUT2D eigenvalue weighted by molar-refractivity contribution is 5.81. The van der Waals surface area contributed by atoms with E-state index in [9.17, 15) is 4.79 Å². The molecule has 1 saturated heterocycles. The largest absolute Gasteiger partial charge is 0.350 e. The van der Waals surface area contributed by atoms with Gasteiger partial charge < -0.3 is 9.47 Å². The predicted molar refractivity (Wildman–Crippen MR) is 93.1 cm³/mol. The van der Waals surface area contributed by atoms with Gasteiger partial charge in [-0.1, -0.05) is 19.4 Å². The van der Waals surface area contributed by atoms with Crippen LogP contribution in [0.1, 0.15) is 65.7 Å². The van der Waals surface area contributed by atoms with Crippen molar-refractivity contribution in [2.75, 3.05) is 13.2 Å². The monoisotopic (exact) mass is 322 g/mol. The van der Waals surface area contributed by atoms with E-state index in [0.29, 0.717) is 36.8 Å². The Morgan fingerprint density at radius 1 is 1.26 bits per heavy atom. The van der Waals surface area contributed by atoms with Gasteiger partial charge >= 0.3 is 0 Å². The van der Waals surface area contributed by atoms with Gasteiger partial charge in [0.25, 0.3) is 0 Å². The van der Waals surface area contributed by atoms with Crippen LogP contribution in [0.5, 0.6) is 0 Å². The van der Waals surface area contributed by atoms with E-state index < -0.39 is 0 Å². The maximum atomic E-state index is 12.8. The van der Waals surface area contributed by atoms with Crippen molar-refractivity contribution in [3.63, 3.8) is 0 Å². The fourth-order valence-electron chi connectivity index (χ4n) is 4.04. The molecule has 0 amide bonds. The van der Waals surface area contributed by atoms with Crippen LogP contribution in [0.15, 0.2) is 12.2 Å². The summed E-state index contributed by atoms with van der Waals surface area (Å²) in [5.41, 5.74) is 1.22. The van der Waals surface area contributed by atoms with E-state index in [4.69, 9.17) is 9.47 Å². The Morgan fingerprint density at radius 3 is 2.61 bits per heavy atom. The Hall–Kier alpha value is -0.670. The highest BCUT2D eigenvalue weighted by Gasteiger charge is 2.33. The van der Waals surface area contributed by atoms with Crippen LogP contribution in [-0.2, 0) is 14.3 Å². The van der Waals surface area contributed by atoms with Gasteiger partial charge in [0.15, 0.2) is 6.29 Å². The fourth-order valence-corrected chi connectivity index (χ4v) is 4.04. The minimum absolute atomic E-state index is 0.0363. The average Bonchev–Trinajstić information content (AvgIpc) is 2.97. The van der Waals surface area contributed by atoms with E-state index in [1.165, 1.54) is 12.0 Å². The van der Waals surface area contributed by atoms with Crippen LogP contribution in [0.4, 0.5) is 0 Å². The van der Waals surface area contributed by atoms with Crippen LogP contribution in [0, 0.1) is 23.7 Å². The third-order valence-corrected chi connectivity index (χ3v) is 5.79. The van der Waals surface area contributed by atoms with Crippen molar-refractivity contribution in [2.24, 2.45) is 23.7 Å². The molecule has 1 saturated carbocycles. The second-order valence-electron chi connectivity index (χ2n) is 7.81. The van der Waals surface area contributed by atoms with E-state index >= 15 is 0 Å². The number of Topliss-reactive ketones (excluding diaryl/α,β-unsaturated/α-hetero) is 1. The number of allylic oxidation sites excluding steroid dienone is 1. The van der Waals surface area contributed by atoms with Crippen LogP contribution in [0.3, 0.4) is 0 Å². The number of hydrogen-bond acceptors (Lipinski definition) is 3. The van der Waals surface area contributed by atoms with Gasteiger partial charge in [-0.2, -0.15) is 0 Å². The van der Waals surface area contributed by atoms with E-state index in [0.717, 1.165) is 38.5 Å². The first-order chi connectivity index (χ1) is 11.0. The molecule has 0 N–H and O–H groups in total. The molecular weight excluding hydrogens is 288 g/mol. The molecule has 1 heterocycles. The molecule has 0 radical (unpaired) electrons. The second-order valence-corrected chi connectivity index (χ2v) is 7.81. The van der Waals surface area contributed by atoms with Gasteiger partial charge in [-0.25, -0.2) is 0 Å². The van der Waals surface area contributed by atoms with E-state index in [1.807, 2.05) is 0 Å². The van der Waals surface area contributed by atoms with Crippen molar-refractivity contribution in [2.45, 2.75) is 72.0 Å². The molecule has 0 spiro atoms.